The molecular formula is C17H20N2. The molecule has 98 valence electrons. The van der Waals surface area contributed by atoms with Crippen molar-refractivity contribution in [3.05, 3.63) is 66.0 Å². The van der Waals surface area contributed by atoms with Gasteiger partial charge in [-0.25, -0.2) is 0 Å². The maximum Gasteiger partial charge on any atom is 0.0602 e. The number of hydrogen-bond acceptors (Lipinski definition) is 2. The molecule has 1 atom stereocenters. The number of piperidine rings is 1. The Balaban J connectivity index is 1.96. The fraction of sp³-hybridized carbons (Fsp3) is 0.353. The summed E-state index contributed by atoms with van der Waals surface area (Å²) in [5.41, 5.74) is 2.73. The van der Waals surface area contributed by atoms with Gasteiger partial charge in [0, 0.05) is 12.4 Å². The normalized spacial score (nSPS) is 18.1. The van der Waals surface area contributed by atoms with Crippen LogP contribution in [0.25, 0.3) is 0 Å². The van der Waals surface area contributed by atoms with Crippen LogP contribution in [0, 0.1) is 0 Å². The van der Waals surface area contributed by atoms with Gasteiger partial charge in [-0.1, -0.05) is 36.8 Å². The van der Waals surface area contributed by atoms with E-state index < -0.39 is 0 Å². The van der Waals surface area contributed by atoms with Crippen LogP contribution in [0.5, 0.6) is 0 Å². The molecule has 0 spiro atoms. The third kappa shape index (κ3) is 2.85. The van der Waals surface area contributed by atoms with Crippen molar-refractivity contribution in [2.45, 2.75) is 25.3 Å². The average molecular weight is 252 g/mol. The Kier molecular flexibility index (Phi) is 3.89. The fourth-order valence-corrected chi connectivity index (χ4v) is 2.97. The first-order valence-corrected chi connectivity index (χ1v) is 7.14. The van der Waals surface area contributed by atoms with Crippen molar-refractivity contribution < 1.29 is 0 Å². The van der Waals surface area contributed by atoms with E-state index in [9.17, 15) is 0 Å². The largest absolute Gasteiger partial charge is 0.292 e. The number of hydrogen-bond donors (Lipinski definition) is 0. The van der Waals surface area contributed by atoms with Gasteiger partial charge in [-0.05, 0) is 49.2 Å². The minimum atomic E-state index is 0.379. The molecule has 0 radical (unpaired) electrons. The highest BCUT2D eigenvalue weighted by Gasteiger charge is 2.23. The van der Waals surface area contributed by atoms with Crippen molar-refractivity contribution in [3.63, 3.8) is 0 Å². The van der Waals surface area contributed by atoms with Crippen LogP contribution in [0.2, 0.25) is 0 Å². The highest BCUT2D eigenvalue weighted by atomic mass is 15.2. The Hall–Kier alpha value is -1.67. The average Bonchev–Trinajstić information content (AvgIpc) is 2.51. The van der Waals surface area contributed by atoms with E-state index in [2.05, 4.69) is 52.3 Å². The molecule has 1 aliphatic heterocycles. The van der Waals surface area contributed by atoms with Crippen molar-refractivity contribution in [1.82, 2.24) is 9.88 Å². The molecule has 1 unspecified atom stereocenters. The molecule has 3 rings (SSSR count). The number of likely N-dealkylation sites (tertiary alicyclic amines) is 1. The summed E-state index contributed by atoms with van der Waals surface area (Å²) in [4.78, 5) is 6.75. The van der Waals surface area contributed by atoms with Crippen LogP contribution >= 0.6 is 0 Å². The van der Waals surface area contributed by atoms with Crippen molar-refractivity contribution in [1.29, 1.82) is 0 Å². The first-order chi connectivity index (χ1) is 9.45. The standard InChI is InChI=1S/C17H20N2/c1-3-7-15(8-4-1)17(16-9-11-18-12-10-16)19-13-5-2-6-14-19/h1,3-4,7-12,17H,2,5-6,13-14H2. The third-order valence-corrected chi connectivity index (χ3v) is 3.89. The minimum Gasteiger partial charge on any atom is -0.292 e. The molecule has 2 heteroatoms. The van der Waals surface area contributed by atoms with E-state index in [1.165, 1.54) is 43.5 Å². The lowest BCUT2D eigenvalue weighted by atomic mass is 9.96. The Morgan fingerprint density at radius 3 is 2.11 bits per heavy atom. The van der Waals surface area contributed by atoms with Crippen molar-refractivity contribution in [2.75, 3.05) is 13.1 Å². The fourth-order valence-electron chi connectivity index (χ4n) is 2.97. The monoisotopic (exact) mass is 252 g/mol. The van der Waals surface area contributed by atoms with Crippen LogP contribution in [0.1, 0.15) is 36.4 Å². The summed E-state index contributed by atoms with van der Waals surface area (Å²) in [5, 5.41) is 0. The van der Waals surface area contributed by atoms with Crippen LogP contribution in [-0.2, 0) is 0 Å². The molecule has 1 saturated heterocycles. The highest BCUT2D eigenvalue weighted by Crippen LogP contribution is 2.30. The SMILES string of the molecule is c1ccc(C(c2ccncc2)N2CCCCC2)cc1. The molecule has 1 aromatic carbocycles. The van der Waals surface area contributed by atoms with Gasteiger partial charge in [-0.3, -0.25) is 9.88 Å². The van der Waals surface area contributed by atoms with E-state index in [0.717, 1.165) is 0 Å². The molecule has 2 nitrogen and oxygen atoms in total. The van der Waals surface area contributed by atoms with Crippen molar-refractivity contribution in [2.24, 2.45) is 0 Å². The van der Waals surface area contributed by atoms with Crippen molar-refractivity contribution in [3.8, 4) is 0 Å². The predicted molar refractivity (Wildman–Crippen MR) is 77.9 cm³/mol. The van der Waals surface area contributed by atoms with Crippen molar-refractivity contribution >= 4 is 0 Å². The summed E-state index contributed by atoms with van der Waals surface area (Å²) in [6.45, 7) is 2.39. The predicted octanol–water partition coefficient (Wildman–Crippen LogP) is 3.66. The lowest BCUT2D eigenvalue weighted by Gasteiger charge is -2.35. The van der Waals surface area contributed by atoms with E-state index in [0.29, 0.717) is 6.04 Å². The second-order valence-corrected chi connectivity index (χ2v) is 5.19. The lowest BCUT2D eigenvalue weighted by Crippen LogP contribution is -2.34. The Bertz CT molecular complexity index is 450. The third-order valence-electron chi connectivity index (χ3n) is 3.89. The smallest absolute Gasteiger partial charge is 0.0602 e. The first kappa shape index (κ1) is 12.4. The Morgan fingerprint density at radius 1 is 0.789 bits per heavy atom. The van der Waals surface area contributed by atoms with Gasteiger partial charge in [0.2, 0.25) is 0 Å². The quantitative estimate of drug-likeness (QED) is 0.828. The zero-order valence-corrected chi connectivity index (χ0v) is 11.2. The number of pyridine rings is 1. The molecule has 1 fully saturated rings. The summed E-state index contributed by atoms with van der Waals surface area (Å²) in [6, 6.07) is 15.5. The van der Waals surface area contributed by atoms with Gasteiger partial charge >= 0.3 is 0 Å². The molecule has 0 N–H and O–H groups in total. The number of benzene rings is 1. The Morgan fingerprint density at radius 2 is 1.42 bits per heavy atom. The molecule has 0 saturated carbocycles. The van der Waals surface area contributed by atoms with Gasteiger partial charge in [0.05, 0.1) is 6.04 Å². The topological polar surface area (TPSA) is 16.1 Å². The van der Waals surface area contributed by atoms with Gasteiger partial charge in [0.15, 0.2) is 0 Å². The van der Waals surface area contributed by atoms with E-state index in [4.69, 9.17) is 0 Å². The minimum absolute atomic E-state index is 0.379. The number of rotatable bonds is 3. The molecule has 0 bridgehead atoms. The zero-order chi connectivity index (χ0) is 12.9. The van der Waals surface area contributed by atoms with Gasteiger partial charge in [0.1, 0.15) is 0 Å². The number of nitrogens with zero attached hydrogens (tertiary/aromatic N) is 2. The van der Waals surface area contributed by atoms with Crippen LogP contribution in [0.15, 0.2) is 54.9 Å². The number of aromatic nitrogens is 1. The molecule has 2 heterocycles. The van der Waals surface area contributed by atoms with Crippen LogP contribution < -0.4 is 0 Å². The van der Waals surface area contributed by atoms with Crippen LogP contribution in [0.4, 0.5) is 0 Å². The second kappa shape index (κ2) is 5.98. The molecule has 2 aromatic rings. The van der Waals surface area contributed by atoms with Gasteiger partial charge in [0.25, 0.3) is 0 Å². The molecule has 0 amide bonds. The zero-order valence-electron chi connectivity index (χ0n) is 11.2. The molecular weight excluding hydrogens is 232 g/mol. The molecule has 19 heavy (non-hydrogen) atoms. The summed E-state index contributed by atoms with van der Waals surface area (Å²) in [7, 11) is 0. The molecule has 0 aliphatic carbocycles. The molecule has 1 aliphatic rings. The van der Waals surface area contributed by atoms with Gasteiger partial charge < -0.3 is 0 Å². The van der Waals surface area contributed by atoms with E-state index >= 15 is 0 Å². The Labute approximate surface area is 115 Å². The maximum absolute atomic E-state index is 4.15. The first-order valence-electron chi connectivity index (χ1n) is 7.14. The van der Waals surface area contributed by atoms with E-state index in [1.54, 1.807) is 0 Å². The summed E-state index contributed by atoms with van der Waals surface area (Å²) in [5.74, 6) is 0. The maximum atomic E-state index is 4.15. The van der Waals surface area contributed by atoms with E-state index in [1.807, 2.05) is 12.4 Å². The van der Waals surface area contributed by atoms with Gasteiger partial charge in [-0.2, -0.15) is 0 Å². The van der Waals surface area contributed by atoms with Crippen LogP contribution in [-0.4, -0.2) is 23.0 Å². The summed E-state index contributed by atoms with van der Waals surface area (Å²) < 4.78 is 0. The lowest BCUT2D eigenvalue weighted by molar-refractivity contribution is 0.187. The van der Waals surface area contributed by atoms with Crippen LogP contribution in [0.3, 0.4) is 0 Å². The van der Waals surface area contributed by atoms with E-state index in [-0.39, 0.29) is 0 Å². The van der Waals surface area contributed by atoms with Gasteiger partial charge in [-0.15, -0.1) is 0 Å². The summed E-state index contributed by atoms with van der Waals surface area (Å²) in [6.07, 6.45) is 7.79. The second-order valence-electron chi connectivity index (χ2n) is 5.19. The highest BCUT2D eigenvalue weighted by molar-refractivity contribution is 5.30. The summed E-state index contributed by atoms with van der Waals surface area (Å²) >= 11 is 0. The molecule has 1 aromatic heterocycles.